The highest BCUT2D eigenvalue weighted by Crippen LogP contribution is 2.42. The topological polar surface area (TPSA) is 43.4 Å². The van der Waals surface area contributed by atoms with E-state index in [9.17, 15) is 9.59 Å². The summed E-state index contributed by atoms with van der Waals surface area (Å²) in [6, 6.07) is 0. The predicted octanol–water partition coefficient (Wildman–Crippen LogP) is 4.07. The first-order valence-corrected chi connectivity index (χ1v) is 8.45. The largest absolute Gasteiger partial charge is 0.493 e. The van der Waals surface area contributed by atoms with Crippen LogP contribution < -0.4 is 0 Å². The molecule has 1 unspecified atom stereocenters. The lowest BCUT2D eigenvalue weighted by atomic mass is 9.77. The molecule has 3 heteroatoms. The summed E-state index contributed by atoms with van der Waals surface area (Å²) < 4.78 is 5.60. The molecule has 1 heterocycles. The molecular weight excluding hydrogens is 288 g/mol. The van der Waals surface area contributed by atoms with Crippen LogP contribution in [-0.4, -0.2) is 18.2 Å². The van der Waals surface area contributed by atoms with Crippen molar-refractivity contribution in [1.82, 2.24) is 0 Å². The summed E-state index contributed by atoms with van der Waals surface area (Å²) in [5, 5.41) is 0. The second-order valence-electron chi connectivity index (χ2n) is 7.38. The van der Waals surface area contributed by atoms with E-state index in [4.69, 9.17) is 4.74 Å². The van der Waals surface area contributed by atoms with Crippen molar-refractivity contribution in [3.63, 3.8) is 0 Å². The lowest BCUT2D eigenvalue weighted by Crippen LogP contribution is -2.20. The summed E-state index contributed by atoms with van der Waals surface area (Å²) in [5.41, 5.74) is 2.72. The average Bonchev–Trinajstić information content (AvgIpc) is 2.79. The van der Waals surface area contributed by atoms with Gasteiger partial charge in [0.2, 0.25) is 11.6 Å². The highest BCUT2D eigenvalue weighted by atomic mass is 16.5. The lowest BCUT2D eigenvalue weighted by molar-refractivity contribution is -0.131. The van der Waals surface area contributed by atoms with Gasteiger partial charge in [0.05, 0.1) is 12.2 Å². The van der Waals surface area contributed by atoms with E-state index in [-0.39, 0.29) is 11.3 Å². The van der Waals surface area contributed by atoms with Gasteiger partial charge in [-0.25, -0.2) is 0 Å². The van der Waals surface area contributed by atoms with Gasteiger partial charge in [-0.3, -0.25) is 9.59 Å². The second kappa shape index (κ2) is 5.95. The van der Waals surface area contributed by atoms with Crippen LogP contribution in [0.2, 0.25) is 0 Å². The molecule has 2 aliphatic carbocycles. The molecule has 0 radical (unpaired) electrons. The first-order valence-electron chi connectivity index (χ1n) is 8.45. The Balaban J connectivity index is 2.13. The number of allylic oxidation sites excluding steroid dienone is 6. The Kier molecular flexibility index (Phi) is 4.13. The van der Waals surface area contributed by atoms with Crippen LogP contribution in [0, 0.1) is 11.3 Å². The molecule has 0 bridgehead atoms. The number of ketones is 2. The van der Waals surface area contributed by atoms with Crippen LogP contribution in [-0.2, 0) is 14.3 Å². The van der Waals surface area contributed by atoms with Crippen molar-refractivity contribution in [2.75, 3.05) is 6.61 Å². The van der Waals surface area contributed by atoms with E-state index in [0.29, 0.717) is 17.9 Å². The van der Waals surface area contributed by atoms with Crippen molar-refractivity contribution >= 4 is 11.6 Å². The molecule has 1 saturated carbocycles. The summed E-state index contributed by atoms with van der Waals surface area (Å²) in [5.74, 6) is -0.303. The number of Topliss-reactive ketones (excluding diaryl/α,β-unsaturated/α-hetero) is 1. The Bertz CT molecular complexity index is 671. The zero-order valence-corrected chi connectivity index (χ0v) is 14.1. The molecule has 0 N–H and O–H groups in total. The van der Waals surface area contributed by atoms with E-state index in [1.54, 1.807) is 6.08 Å². The van der Waals surface area contributed by atoms with Crippen molar-refractivity contribution in [3.05, 3.63) is 46.8 Å². The molecule has 1 atom stereocenters. The first kappa shape index (κ1) is 16.0. The molecule has 0 aromatic heterocycles. The smallest absolute Gasteiger partial charge is 0.232 e. The molecule has 23 heavy (non-hydrogen) atoms. The van der Waals surface area contributed by atoms with E-state index in [2.05, 4.69) is 19.9 Å². The van der Waals surface area contributed by atoms with Crippen LogP contribution >= 0.6 is 0 Å². The Labute approximate surface area is 137 Å². The molecule has 122 valence electrons. The fraction of sp³-hybridized carbons (Fsp3) is 0.500. The molecular formula is C20H24O3. The van der Waals surface area contributed by atoms with Gasteiger partial charge >= 0.3 is 0 Å². The predicted molar refractivity (Wildman–Crippen MR) is 89.7 cm³/mol. The monoisotopic (exact) mass is 312 g/mol. The Morgan fingerprint density at radius 3 is 2.78 bits per heavy atom. The third-order valence-electron chi connectivity index (χ3n) is 5.10. The molecule has 3 rings (SSSR count). The fourth-order valence-electron chi connectivity index (χ4n) is 3.75. The molecule has 3 aliphatic rings. The van der Waals surface area contributed by atoms with Crippen LogP contribution in [0.3, 0.4) is 0 Å². The number of carbonyl (C=O) groups is 2. The summed E-state index contributed by atoms with van der Waals surface area (Å²) >= 11 is 0. The van der Waals surface area contributed by atoms with Gasteiger partial charge in [0.25, 0.3) is 0 Å². The molecule has 0 aromatic rings. The van der Waals surface area contributed by atoms with E-state index in [0.717, 1.165) is 31.3 Å². The van der Waals surface area contributed by atoms with Crippen LogP contribution in [0.25, 0.3) is 0 Å². The van der Waals surface area contributed by atoms with Crippen LogP contribution in [0.15, 0.2) is 46.8 Å². The molecule has 0 spiro atoms. The number of carbonyl (C=O) groups excluding carboxylic acids is 2. The second-order valence-corrected chi connectivity index (χ2v) is 7.38. The van der Waals surface area contributed by atoms with E-state index >= 15 is 0 Å². The average molecular weight is 312 g/mol. The minimum Gasteiger partial charge on any atom is -0.493 e. The molecule has 3 nitrogen and oxygen atoms in total. The Hall–Kier alpha value is -1.90. The van der Waals surface area contributed by atoms with Gasteiger partial charge in [-0.2, -0.15) is 0 Å². The number of hydrogen-bond acceptors (Lipinski definition) is 3. The van der Waals surface area contributed by atoms with Crippen LogP contribution in [0.5, 0.6) is 0 Å². The molecule has 0 amide bonds. The summed E-state index contributed by atoms with van der Waals surface area (Å²) in [6.45, 7) is 6.81. The molecule has 1 aliphatic heterocycles. The Morgan fingerprint density at radius 2 is 2.00 bits per heavy atom. The zero-order valence-electron chi connectivity index (χ0n) is 14.1. The van der Waals surface area contributed by atoms with Crippen molar-refractivity contribution in [3.8, 4) is 0 Å². The van der Waals surface area contributed by atoms with E-state index < -0.39 is 11.6 Å². The van der Waals surface area contributed by atoms with Gasteiger partial charge in [0.15, 0.2) is 0 Å². The van der Waals surface area contributed by atoms with Crippen LogP contribution in [0.1, 0.15) is 46.5 Å². The van der Waals surface area contributed by atoms with Crippen molar-refractivity contribution in [1.29, 1.82) is 0 Å². The minimum atomic E-state index is -0.413. The van der Waals surface area contributed by atoms with Crippen molar-refractivity contribution in [2.45, 2.75) is 46.5 Å². The quantitative estimate of drug-likeness (QED) is 0.633. The van der Waals surface area contributed by atoms with E-state index in [1.165, 1.54) is 5.57 Å². The number of ether oxygens (including phenoxy) is 1. The normalized spacial score (nSPS) is 33.4. The third-order valence-corrected chi connectivity index (χ3v) is 5.10. The van der Waals surface area contributed by atoms with Crippen molar-refractivity contribution in [2.24, 2.45) is 11.3 Å². The van der Waals surface area contributed by atoms with E-state index in [1.807, 2.05) is 19.1 Å². The number of rotatable bonds is 0. The molecule has 0 saturated heterocycles. The lowest BCUT2D eigenvalue weighted by Gasteiger charge is -2.27. The standard InChI is InChI=1S/C20H24O3/c1-13-12-23-17-9-6-8-15-14(7-4-5-10-20(15,2)3)11-16(21)19(22)18(13)17/h6,8-9,11,13H,4-5,7,10,12H2,1-3H3/b9-6+,14-11+,15-8+. The maximum Gasteiger partial charge on any atom is 0.232 e. The van der Waals surface area contributed by atoms with Gasteiger partial charge in [0.1, 0.15) is 5.76 Å². The van der Waals surface area contributed by atoms with Gasteiger partial charge in [0, 0.05) is 5.92 Å². The summed E-state index contributed by atoms with van der Waals surface area (Å²) in [6.07, 6.45) is 11.6. The van der Waals surface area contributed by atoms with Crippen LogP contribution in [0.4, 0.5) is 0 Å². The summed E-state index contributed by atoms with van der Waals surface area (Å²) in [7, 11) is 0. The number of fused-ring (bicyclic) bond motifs is 1. The van der Waals surface area contributed by atoms with Crippen molar-refractivity contribution < 1.29 is 14.3 Å². The SMILES string of the molecule is CC1COC2=C1C(=O)C(=O)\C=C1/CCCCC(C)(C)/C1=C/C=C/2. The minimum absolute atomic E-state index is 0.0102. The third kappa shape index (κ3) is 2.97. The maximum atomic E-state index is 12.6. The molecule has 1 fully saturated rings. The molecule has 0 aromatic carbocycles. The zero-order chi connectivity index (χ0) is 16.6. The van der Waals surface area contributed by atoms with Gasteiger partial charge < -0.3 is 4.74 Å². The Morgan fingerprint density at radius 1 is 1.22 bits per heavy atom. The first-order chi connectivity index (χ1) is 10.9. The highest BCUT2D eigenvalue weighted by Gasteiger charge is 2.33. The van der Waals surface area contributed by atoms with Gasteiger partial charge in [-0.1, -0.05) is 39.3 Å². The fourth-order valence-corrected chi connectivity index (χ4v) is 3.75. The maximum absolute atomic E-state index is 12.6. The highest BCUT2D eigenvalue weighted by molar-refractivity contribution is 6.47. The van der Waals surface area contributed by atoms with Gasteiger partial charge in [-0.05, 0) is 48.0 Å². The van der Waals surface area contributed by atoms with Gasteiger partial charge in [-0.15, -0.1) is 0 Å². The number of hydrogen-bond donors (Lipinski definition) is 0. The summed E-state index contributed by atoms with van der Waals surface area (Å²) in [4.78, 5) is 25.1.